The minimum atomic E-state index is 0.459. The lowest BCUT2D eigenvalue weighted by atomic mass is 10.3. The lowest BCUT2D eigenvalue weighted by molar-refractivity contribution is 0.482. The molecule has 1 N–H and O–H groups in total. The van der Waals surface area contributed by atoms with Gasteiger partial charge in [-0.2, -0.15) is 0 Å². The van der Waals surface area contributed by atoms with E-state index in [0.717, 1.165) is 18.5 Å². The summed E-state index contributed by atoms with van der Waals surface area (Å²) in [4.78, 5) is 0. The average molecular weight is 300 g/mol. The van der Waals surface area contributed by atoms with Crippen molar-refractivity contribution in [2.45, 2.75) is 26.3 Å². The number of nitrogens with one attached hydrogen (secondary N) is 1. The van der Waals surface area contributed by atoms with Crippen molar-refractivity contribution in [3.63, 3.8) is 0 Å². The van der Waals surface area contributed by atoms with Crippen LogP contribution < -0.4 is 5.32 Å². The van der Waals surface area contributed by atoms with Crippen LogP contribution in [0.25, 0.3) is 11.5 Å². The Kier molecular flexibility index (Phi) is 3.96. The third-order valence-electron chi connectivity index (χ3n) is 2.21. The van der Waals surface area contributed by atoms with E-state index in [9.17, 15) is 0 Å². The van der Waals surface area contributed by atoms with E-state index < -0.39 is 0 Å². The number of hydrogen-bond donors (Lipinski definition) is 1. The molecule has 0 atom stereocenters. The number of hydrogen-bond acceptors (Lipinski definition) is 5. The van der Waals surface area contributed by atoms with Crippen LogP contribution >= 0.6 is 15.9 Å². The van der Waals surface area contributed by atoms with Crippen molar-refractivity contribution in [2.24, 2.45) is 0 Å². The van der Waals surface area contributed by atoms with Crippen LogP contribution in [0.1, 0.15) is 19.7 Å². The van der Waals surface area contributed by atoms with Crippen molar-refractivity contribution in [1.82, 2.24) is 15.5 Å². The first kappa shape index (κ1) is 12.3. The number of halogens is 1. The molecular formula is C11H14BrN3O2. The monoisotopic (exact) mass is 299 g/mol. The summed E-state index contributed by atoms with van der Waals surface area (Å²) < 4.78 is 11.3. The molecule has 0 bridgehead atoms. The Morgan fingerprint density at radius 3 is 2.88 bits per heavy atom. The molecular weight excluding hydrogens is 286 g/mol. The van der Waals surface area contributed by atoms with Gasteiger partial charge in [0.15, 0.2) is 4.67 Å². The summed E-state index contributed by atoms with van der Waals surface area (Å²) in [6.45, 7) is 5.02. The van der Waals surface area contributed by atoms with Crippen LogP contribution in [0, 0.1) is 0 Å². The van der Waals surface area contributed by atoms with Gasteiger partial charge in [-0.1, -0.05) is 13.8 Å². The highest BCUT2D eigenvalue weighted by Gasteiger charge is 2.13. The van der Waals surface area contributed by atoms with Gasteiger partial charge in [-0.15, -0.1) is 10.2 Å². The molecule has 0 aliphatic heterocycles. The molecule has 2 aromatic rings. The Labute approximate surface area is 108 Å². The van der Waals surface area contributed by atoms with Crippen LogP contribution in [0.15, 0.2) is 25.8 Å². The van der Waals surface area contributed by atoms with Gasteiger partial charge < -0.3 is 14.2 Å². The van der Waals surface area contributed by atoms with Gasteiger partial charge in [0, 0.05) is 19.0 Å². The highest BCUT2D eigenvalue weighted by molar-refractivity contribution is 9.10. The predicted molar refractivity (Wildman–Crippen MR) is 66.5 cm³/mol. The second kappa shape index (κ2) is 5.46. The molecule has 0 radical (unpaired) electrons. The minimum Gasteiger partial charge on any atom is -0.457 e. The largest absolute Gasteiger partial charge is 0.457 e. The standard InChI is InChI=1S/C11H14BrN3O2/c1-7(2)13-5-3-9-14-15-11(17-9)8-4-6-16-10(8)12/h4,6-7,13H,3,5H2,1-2H3. The fourth-order valence-electron chi connectivity index (χ4n) is 1.38. The number of nitrogens with zero attached hydrogens (tertiary/aromatic N) is 2. The van der Waals surface area contributed by atoms with E-state index in [0.29, 0.717) is 22.5 Å². The summed E-state index contributed by atoms with van der Waals surface area (Å²) in [5.41, 5.74) is 0.778. The normalized spacial score (nSPS) is 11.3. The van der Waals surface area contributed by atoms with E-state index >= 15 is 0 Å². The predicted octanol–water partition coefficient (Wildman–Crippen LogP) is 2.63. The van der Waals surface area contributed by atoms with Gasteiger partial charge in [0.2, 0.25) is 5.89 Å². The molecule has 5 nitrogen and oxygen atoms in total. The fraction of sp³-hybridized carbons (Fsp3) is 0.455. The van der Waals surface area contributed by atoms with E-state index in [2.05, 4.69) is 45.3 Å². The minimum absolute atomic E-state index is 0.459. The van der Waals surface area contributed by atoms with Crippen molar-refractivity contribution in [3.05, 3.63) is 22.9 Å². The van der Waals surface area contributed by atoms with E-state index in [1.54, 1.807) is 12.3 Å². The molecule has 17 heavy (non-hydrogen) atoms. The Morgan fingerprint density at radius 2 is 2.24 bits per heavy atom. The second-order valence-corrected chi connectivity index (χ2v) is 4.69. The highest BCUT2D eigenvalue weighted by atomic mass is 79.9. The van der Waals surface area contributed by atoms with Crippen LogP contribution in [0.3, 0.4) is 0 Å². The van der Waals surface area contributed by atoms with E-state index in [1.807, 2.05) is 0 Å². The molecule has 0 fully saturated rings. The van der Waals surface area contributed by atoms with Gasteiger partial charge in [-0.25, -0.2) is 0 Å². The molecule has 0 amide bonds. The summed E-state index contributed by atoms with van der Waals surface area (Å²) in [5, 5.41) is 11.3. The number of rotatable bonds is 5. The van der Waals surface area contributed by atoms with E-state index in [1.165, 1.54) is 0 Å². The highest BCUT2D eigenvalue weighted by Crippen LogP contribution is 2.27. The van der Waals surface area contributed by atoms with Gasteiger partial charge in [0.1, 0.15) is 0 Å². The van der Waals surface area contributed by atoms with Crippen molar-refractivity contribution in [3.8, 4) is 11.5 Å². The zero-order chi connectivity index (χ0) is 12.3. The van der Waals surface area contributed by atoms with Crippen molar-refractivity contribution in [1.29, 1.82) is 0 Å². The van der Waals surface area contributed by atoms with Crippen LogP contribution in [0.5, 0.6) is 0 Å². The van der Waals surface area contributed by atoms with Crippen molar-refractivity contribution in [2.75, 3.05) is 6.54 Å². The summed E-state index contributed by atoms with van der Waals surface area (Å²) in [6, 6.07) is 2.24. The van der Waals surface area contributed by atoms with Crippen LogP contribution in [-0.4, -0.2) is 22.8 Å². The van der Waals surface area contributed by atoms with Crippen molar-refractivity contribution >= 4 is 15.9 Å². The summed E-state index contributed by atoms with van der Waals surface area (Å²) >= 11 is 3.28. The first-order chi connectivity index (χ1) is 8.16. The molecule has 0 aliphatic rings. The third kappa shape index (κ3) is 3.17. The SMILES string of the molecule is CC(C)NCCc1nnc(-c2ccoc2Br)o1. The Hall–Kier alpha value is -1.14. The molecule has 92 valence electrons. The zero-order valence-corrected chi connectivity index (χ0v) is 11.3. The van der Waals surface area contributed by atoms with Crippen molar-refractivity contribution < 1.29 is 8.83 Å². The van der Waals surface area contributed by atoms with Crippen LogP contribution in [-0.2, 0) is 6.42 Å². The quantitative estimate of drug-likeness (QED) is 0.919. The molecule has 0 unspecified atom stereocenters. The van der Waals surface area contributed by atoms with E-state index in [4.69, 9.17) is 8.83 Å². The second-order valence-electron chi connectivity index (χ2n) is 3.97. The molecule has 2 rings (SSSR count). The van der Waals surface area contributed by atoms with Gasteiger partial charge in [0.25, 0.3) is 5.89 Å². The molecule has 0 saturated carbocycles. The smallest absolute Gasteiger partial charge is 0.252 e. The maximum Gasteiger partial charge on any atom is 0.252 e. The Morgan fingerprint density at radius 1 is 1.41 bits per heavy atom. The lowest BCUT2D eigenvalue weighted by Crippen LogP contribution is -2.25. The molecule has 6 heteroatoms. The van der Waals surface area contributed by atoms with Gasteiger partial charge in [0.05, 0.1) is 11.8 Å². The van der Waals surface area contributed by atoms with Gasteiger partial charge in [-0.3, -0.25) is 0 Å². The Bertz CT molecular complexity index is 479. The number of aromatic nitrogens is 2. The van der Waals surface area contributed by atoms with Gasteiger partial charge in [-0.05, 0) is 22.0 Å². The first-order valence-corrected chi connectivity index (χ1v) is 6.25. The maximum absolute atomic E-state index is 5.54. The van der Waals surface area contributed by atoms with E-state index in [-0.39, 0.29) is 0 Å². The fourth-order valence-corrected chi connectivity index (χ4v) is 1.79. The topological polar surface area (TPSA) is 64.1 Å². The molecule has 0 aliphatic carbocycles. The molecule has 0 spiro atoms. The summed E-state index contributed by atoms with van der Waals surface area (Å²) in [6.07, 6.45) is 2.30. The molecule has 2 aromatic heterocycles. The third-order valence-corrected chi connectivity index (χ3v) is 2.82. The molecule has 0 saturated heterocycles. The lowest BCUT2D eigenvalue weighted by Gasteiger charge is -2.04. The first-order valence-electron chi connectivity index (χ1n) is 5.46. The average Bonchev–Trinajstić information content (AvgIpc) is 2.86. The maximum atomic E-state index is 5.54. The van der Waals surface area contributed by atoms with Gasteiger partial charge >= 0.3 is 0 Å². The zero-order valence-electron chi connectivity index (χ0n) is 9.74. The molecule has 0 aromatic carbocycles. The summed E-state index contributed by atoms with van der Waals surface area (Å²) in [5.74, 6) is 1.10. The Balaban J connectivity index is 1.99. The molecule has 2 heterocycles. The van der Waals surface area contributed by atoms with Crippen LogP contribution in [0.4, 0.5) is 0 Å². The van der Waals surface area contributed by atoms with Crippen LogP contribution in [0.2, 0.25) is 0 Å². The number of furan rings is 1. The summed E-state index contributed by atoms with van der Waals surface area (Å²) in [7, 11) is 0.